The van der Waals surface area contributed by atoms with Crippen LogP contribution in [0.15, 0.2) is 54.6 Å². The number of carbonyl (C=O) groups excluding carboxylic acids is 2. The molecule has 0 saturated carbocycles. The first-order valence-electron chi connectivity index (χ1n) is 14.3. The fourth-order valence-electron chi connectivity index (χ4n) is 5.95. The van der Waals surface area contributed by atoms with E-state index in [1.165, 1.54) is 5.56 Å². The minimum Gasteiger partial charge on any atom is -0.507 e. The SMILES string of the molecule is CO[C@H]1CC[C@H](OCc2ccccc2)CO1.COc1cccc2c1C(=O)c1cc3c(c(O)c1C2)C[C@@H](C(C)=O)CC3. The van der Waals surface area contributed by atoms with E-state index in [1.54, 1.807) is 27.2 Å². The molecule has 3 aromatic carbocycles. The predicted molar refractivity (Wildman–Crippen MR) is 155 cm³/mol. The predicted octanol–water partition coefficient (Wildman–Crippen LogP) is 5.58. The van der Waals surface area contributed by atoms with Crippen LogP contribution in [0, 0.1) is 5.92 Å². The van der Waals surface area contributed by atoms with Gasteiger partial charge < -0.3 is 24.1 Å². The zero-order chi connectivity index (χ0) is 28.9. The summed E-state index contributed by atoms with van der Waals surface area (Å²) in [5.74, 6) is 0.791. The number of fused-ring (bicyclic) bond motifs is 3. The van der Waals surface area contributed by atoms with Gasteiger partial charge in [-0.15, -0.1) is 0 Å². The second kappa shape index (κ2) is 13.0. The molecule has 0 spiro atoms. The summed E-state index contributed by atoms with van der Waals surface area (Å²) in [7, 11) is 3.24. The Labute approximate surface area is 241 Å². The summed E-state index contributed by atoms with van der Waals surface area (Å²) >= 11 is 0. The molecular formula is C34H38O7. The van der Waals surface area contributed by atoms with Crippen molar-refractivity contribution in [2.75, 3.05) is 20.8 Å². The number of ether oxygens (including phenoxy) is 4. The van der Waals surface area contributed by atoms with Crippen molar-refractivity contribution < 1.29 is 33.6 Å². The Morgan fingerprint density at radius 1 is 1.00 bits per heavy atom. The van der Waals surface area contributed by atoms with Crippen LogP contribution >= 0.6 is 0 Å². The number of phenols is 1. The molecule has 1 N–H and O–H groups in total. The molecule has 0 aromatic heterocycles. The number of phenolic OH excluding ortho intramolecular Hbond substituents is 1. The Balaban J connectivity index is 0.000000182. The van der Waals surface area contributed by atoms with Crippen LogP contribution < -0.4 is 4.74 Å². The van der Waals surface area contributed by atoms with E-state index in [4.69, 9.17) is 18.9 Å². The molecule has 3 atom stereocenters. The number of ketones is 2. The van der Waals surface area contributed by atoms with Gasteiger partial charge in [0.25, 0.3) is 0 Å². The van der Waals surface area contributed by atoms with Crippen LogP contribution in [-0.2, 0) is 44.9 Å². The van der Waals surface area contributed by atoms with Crippen molar-refractivity contribution in [1.29, 1.82) is 0 Å². The van der Waals surface area contributed by atoms with Crippen molar-refractivity contribution in [1.82, 2.24) is 0 Å². The second-order valence-electron chi connectivity index (χ2n) is 10.9. The molecule has 1 saturated heterocycles. The number of rotatable bonds is 6. The zero-order valence-corrected chi connectivity index (χ0v) is 24.0. The molecular weight excluding hydrogens is 520 g/mol. The summed E-state index contributed by atoms with van der Waals surface area (Å²) in [6.07, 6.45) is 4.62. The van der Waals surface area contributed by atoms with Crippen LogP contribution in [0.1, 0.15) is 69.9 Å². The average Bonchev–Trinajstić information content (AvgIpc) is 3.01. The lowest BCUT2D eigenvalue weighted by Gasteiger charge is -2.28. The van der Waals surface area contributed by atoms with Crippen molar-refractivity contribution in [2.45, 2.75) is 64.4 Å². The minimum absolute atomic E-state index is 0.0388. The maximum Gasteiger partial charge on any atom is 0.197 e. The number of methoxy groups -OCH3 is 2. The first-order valence-corrected chi connectivity index (χ1v) is 14.3. The second-order valence-corrected chi connectivity index (χ2v) is 10.9. The minimum atomic E-state index is -0.0968. The van der Waals surface area contributed by atoms with Gasteiger partial charge >= 0.3 is 0 Å². The molecule has 3 aromatic rings. The molecule has 216 valence electrons. The highest BCUT2D eigenvalue weighted by Crippen LogP contribution is 2.42. The first kappa shape index (κ1) is 29.0. The van der Waals surface area contributed by atoms with Gasteiger partial charge in [-0.25, -0.2) is 0 Å². The Morgan fingerprint density at radius 2 is 1.80 bits per heavy atom. The van der Waals surface area contributed by atoms with Crippen LogP contribution in [0.2, 0.25) is 0 Å². The highest BCUT2D eigenvalue weighted by molar-refractivity contribution is 6.14. The highest BCUT2D eigenvalue weighted by atomic mass is 16.7. The summed E-state index contributed by atoms with van der Waals surface area (Å²) < 4.78 is 21.7. The van der Waals surface area contributed by atoms with E-state index in [-0.39, 0.29) is 35.6 Å². The van der Waals surface area contributed by atoms with E-state index >= 15 is 0 Å². The van der Waals surface area contributed by atoms with Crippen molar-refractivity contribution in [3.05, 3.63) is 93.5 Å². The molecule has 1 fully saturated rings. The van der Waals surface area contributed by atoms with Gasteiger partial charge in [0.05, 0.1) is 32.0 Å². The molecule has 0 radical (unpaired) electrons. The smallest absolute Gasteiger partial charge is 0.197 e. The molecule has 3 aliphatic rings. The number of Topliss-reactive ketones (excluding diaryl/α,β-unsaturated/α-hetero) is 1. The molecule has 0 unspecified atom stereocenters. The number of aromatic hydroxyl groups is 1. The van der Waals surface area contributed by atoms with Gasteiger partial charge in [0.15, 0.2) is 12.1 Å². The van der Waals surface area contributed by atoms with E-state index in [1.807, 2.05) is 36.4 Å². The molecule has 7 heteroatoms. The van der Waals surface area contributed by atoms with Gasteiger partial charge in [-0.05, 0) is 67.0 Å². The van der Waals surface area contributed by atoms with Gasteiger partial charge in [-0.1, -0.05) is 42.5 Å². The summed E-state index contributed by atoms with van der Waals surface area (Å²) in [5, 5.41) is 10.9. The molecule has 1 aliphatic heterocycles. The fourth-order valence-corrected chi connectivity index (χ4v) is 5.95. The zero-order valence-electron chi connectivity index (χ0n) is 24.0. The molecule has 7 nitrogen and oxygen atoms in total. The van der Waals surface area contributed by atoms with Crippen LogP contribution in [0.5, 0.6) is 11.5 Å². The van der Waals surface area contributed by atoms with E-state index in [2.05, 4.69) is 12.1 Å². The number of hydrogen-bond donors (Lipinski definition) is 1. The van der Waals surface area contributed by atoms with Gasteiger partial charge in [0, 0.05) is 37.0 Å². The van der Waals surface area contributed by atoms with Crippen molar-refractivity contribution in [2.24, 2.45) is 5.92 Å². The van der Waals surface area contributed by atoms with Gasteiger partial charge in [0.2, 0.25) is 0 Å². The number of hydrogen-bond acceptors (Lipinski definition) is 7. The molecule has 0 bridgehead atoms. The summed E-state index contributed by atoms with van der Waals surface area (Å²) in [4.78, 5) is 24.8. The maximum absolute atomic E-state index is 13.1. The molecule has 41 heavy (non-hydrogen) atoms. The largest absolute Gasteiger partial charge is 0.507 e. The van der Waals surface area contributed by atoms with Crippen LogP contribution in [0.25, 0.3) is 0 Å². The molecule has 1 heterocycles. The van der Waals surface area contributed by atoms with Crippen LogP contribution in [-0.4, -0.2) is 49.9 Å². The molecule has 6 rings (SSSR count). The lowest BCUT2D eigenvalue weighted by atomic mass is 9.76. The van der Waals surface area contributed by atoms with Gasteiger partial charge in [-0.2, -0.15) is 0 Å². The standard InChI is InChI=1S/C21H20O4.C13H18O3/c1-11(22)12-6-7-13-9-17-16(20(23)15(13)8-12)10-14-4-3-5-18(25-2)19(14)21(17)24;1-14-13-8-7-12(10-16-13)15-9-11-5-3-2-4-6-11/h3-5,9,12,23H,6-8,10H2,1-2H3;2-6,12-13H,7-10H2,1H3/t12-;12-,13+/m00/s1. The molecule has 2 aliphatic carbocycles. The monoisotopic (exact) mass is 558 g/mol. The Morgan fingerprint density at radius 3 is 2.49 bits per heavy atom. The summed E-state index contributed by atoms with van der Waals surface area (Å²) in [6.45, 7) is 2.90. The Bertz CT molecular complexity index is 1390. The van der Waals surface area contributed by atoms with Gasteiger partial charge in [-0.3, -0.25) is 9.59 Å². The van der Waals surface area contributed by atoms with Gasteiger partial charge in [0.1, 0.15) is 17.3 Å². The third kappa shape index (κ3) is 6.38. The van der Waals surface area contributed by atoms with Crippen molar-refractivity contribution in [3.63, 3.8) is 0 Å². The third-order valence-corrected chi connectivity index (χ3v) is 8.35. The van der Waals surface area contributed by atoms with Crippen molar-refractivity contribution >= 4 is 11.6 Å². The summed E-state index contributed by atoms with van der Waals surface area (Å²) in [6, 6.07) is 17.7. The lowest BCUT2D eigenvalue weighted by Crippen LogP contribution is -2.32. The van der Waals surface area contributed by atoms with E-state index in [0.717, 1.165) is 36.0 Å². The fraction of sp³-hybridized carbons (Fsp3) is 0.412. The lowest BCUT2D eigenvalue weighted by molar-refractivity contribution is -0.184. The maximum atomic E-state index is 13.1. The van der Waals surface area contributed by atoms with Crippen molar-refractivity contribution in [3.8, 4) is 11.5 Å². The van der Waals surface area contributed by atoms with Crippen LogP contribution in [0.4, 0.5) is 0 Å². The normalized spacial score (nSPS) is 21.0. The van der Waals surface area contributed by atoms with Crippen LogP contribution in [0.3, 0.4) is 0 Å². The highest BCUT2D eigenvalue weighted by Gasteiger charge is 2.33. The number of benzene rings is 3. The average molecular weight is 559 g/mol. The Kier molecular flexibility index (Phi) is 9.18. The first-order chi connectivity index (χ1) is 19.9. The number of aryl methyl sites for hydroxylation is 1. The topological polar surface area (TPSA) is 91.3 Å². The van der Waals surface area contributed by atoms with E-state index < -0.39 is 0 Å². The Hall–Kier alpha value is -3.52. The summed E-state index contributed by atoms with van der Waals surface area (Å²) in [5.41, 5.74) is 5.73. The quantitative estimate of drug-likeness (QED) is 0.330. The molecule has 0 amide bonds. The number of carbonyl (C=O) groups is 2. The van der Waals surface area contributed by atoms with E-state index in [9.17, 15) is 14.7 Å². The third-order valence-electron chi connectivity index (χ3n) is 8.35. The van der Waals surface area contributed by atoms with E-state index in [0.29, 0.717) is 54.9 Å².